The van der Waals surface area contributed by atoms with Gasteiger partial charge in [-0.2, -0.15) is 0 Å². The first-order valence-electron chi connectivity index (χ1n) is 8.28. The minimum absolute atomic E-state index is 0.0951. The highest BCUT2D eigenvalue weighted by Crippen LogP contribution is 2.40. The molecular formula is C18H27NO2. The zero-order chi connectivity index (χ0) is 14.5. The Labute approximate surface area is 127 Å². The first-order valence-corrected chi connectivity index (χ1v) is 8.28. The Hall–Kier alpha value is -0.900. The van der Waals surface area contributed by atoms with Crippen LogP contribution in [-0.2, 0) is 14.9 Å². The van der Waals surface area contributed by atoms with Crippen LogP contribution >= 0.6 is 0 Å². The normalized spacial score (nSPS) is 24.6. The van der Waals surface area contributed by atoms with E-state index in [1.54, 1.807) is 0 Å². The van der Waals surface area contributed by atoms with Crippen molar-refractivity contribution in [1.29, 1.82) is 0 Å². The van der Waals surface area contributed by atoms with E-state index in [1.165, 1.54) is 5.56 Å². The summed E-state index contributed by atoms with van der Waals surface area (Å²) in [5.74, 6) is 0.720. The van der Waals surface area contributed by atoms with Gasteiger partial charge in [0.25, 0.3) is 0 Å². The molecule has 3 rings (SSSR count). The SMILES string of the molecule is NC(CC1CCOCC1)C1(c2ccccc2)CCOCC1. The van der Waals surface area contributed by atoms with E-state index in [0.717, 1.165) is 64.4 Å². The summed E-state index contributed by atoms with van der Waals surface area (Å²) in [4.78, 5) is 0. The third-order valence-corrected chi connectivity index (χ3v) is 5.37. The molecule has 21 heavy (non-hydrogen) atoms. The molecule has 0 saturated carbocycles. The average molecular weight is 289 g/mol. The number of hydrogen-bond acceptors (Lipinski definition) is 3. The van der Waals surface area contributed by atoms with Gasteiger partial charge in [0.1, 0.15) is 0 Å². The van der Waals surface area contributed by atoms with Crippen molar-refractivity contribution in [2.75, 3.05) is 26.4 Å². The summed E-state index contributed by atoms with van der Waals surface area (Å²) in [6.45, 7) is 3.46. The Morgan fingerprint density at radius 1 is 1.00 bits per heavy atom. The summed E-state index contributed by atoms with van der Waals surface area (Å²) >= 11 is 0. The lowest BCUT2D eigenvalue weighted by molar-refractivity contribution is 0.0264. The Morgan fingerprint density at radius 2 is 1.62 bits per heavy atom. The fourth-order valence-electron chi connectivity index (χ4n) is 3.95. The van der Waals surface area contributed by atoms with Crippen molar-refractivity contribution in [1.82, 2.24) is 0 Å². The predicted molar refractivity (Wildman–Crippen MR) is 84.3 cm³/mol. The molecule has 3 nitrogen and oxygen atoms in total. The minimum atomic E-state index is 0.0951. The summed E-state index contributed by atoms with van der Waals surface area (Å²) in [6, 6.07) is 11.1. The van der Waals surface area contributed by atoms with Crippen LogP contribution in [0.4, 0.5) is 0 Å². The quantitative estimate of drug-likeness (QED) is 0.927. The molecule has 2 N–H and O–H groups in total. The summed E-state index contributed by atoms with van der Waals surface area (Å²) in [7, 11) is 0. The summed E-state index contributed by atoms with van der Waals surface area (Å²) in [5, 5.41) is 0. The molecule has 2 fully saturated rings. The fourth-order valence-corrected chi connectivity index (χ4v) is 3.95. The van der Waals surface area contributed by atoms with Crippen LogP contribution in [0.5, 0.6) is 0 Å². The van der Waals surface area contributed by atoms with E-state index in [2.05, 4.69) is 30.3 Å². The van der Waals surface area contributed by atoms with E-state index in [1.807, 2.05) is 0 Å². The van der Waals surface area contributed by atoms with Crippen molar-refractivity contribution in [2.45, 2.75) is 43.6 Å². The molecule has 2 heterocycles. The molecule has 0 spiro atoms. The van der Waals surface area contributed by atoms with Gasteiger partial charge in [0.15, 0.2) is 0 Å². The van der Waals surface area contributed by atoms with E-state index in [4.69, 9.17) is 15.2 Å². The second-order valence-corrected chi connectivity index (χ2v) is 6.53. The summed E-state index contributed by atoms with van der Waals surface area (Å²) < 4.78 is 11.1. The van der Waals surface area contributed by atoms with E-state index >= 15 is 0 Å². The van der Waals surface area contributed by atoms with Crippen LogP contribution in [0.25, 0.3) is 0 Å². The molecule has 2 saturated heterocycles. The van der Waals surface area contributed by atoms with E-state index < -0.39 is 0 Å². The van der Waals surface area contributed by atoms with Crippen molar-refractivity contribution >= 4 is 0 Å². The predicted octanol–water partition coefficient (Wildman–Crippen LogP) is 2.88. The Balaban J connectivity index is 1.78. The van der Waals surface area contributed by atoms with Crippen LogP contribution in [0.1, 0.15) is 37.7 Å². The van der Waals surface area contributed by atoms with Crippen molar-refractivity contribution in [3.05, 3.63) is 35.9 Å². The molecule has 0 aromatic heterocycles. The van der Waals surface area contributed by atoms with Gasteiger partial charge < -0.3 is 15.2 Å². The monoisotopic (exact) mass is 289 g/mol. The maximum absolute atomic E-state index is 6.75. The van der Waals surface area contributed by atoms with Gasteiger partial charge in [0, 0.05) is 37.9 Å². The van der Waals surface area contributed by atoms with Crippen molar-refractivity contribution in [2.24, 2.45) is 11.7 Å². The van der Waals surface area contributed by atoms with Crippen molar-refractivity contribution < 1.29 is 9.47 Å². The topological polar surface area (TPSA) is 44.5 Å². The molecule has 0 bridgehead atoms. The van der Waals surface area contributed by atoms with E-state index in [-0.39, 0.29) is 11.5 Å². The molecule has 2 aliphatic rings. The van der Waals surface area contributed by atoms with E-state index in [9.17, 15) is 0 Å². The average Bonchev–Trinajstić information content (AvgIpc) is 2.57. The molecule has 1 aromatic rings. The maximum Gasteiger partial charge on any atom is 0.0475 e. The van der Waals surface area contributed by atoms with Gasteiger partial charge in [-0.3, -0.25) is 0 Å². The fraction of sp³-hybridized carbons (Fsp3) is 0.667. The van der Waals surface area contributed by atoms with Gasteiger partial charge in [-0.05, 0) is 43.6 Å². The summed E-state index contributed by atoms with van der Waals surface area (Å²) in [5.41, 5.74) is 8.24. The van der Waals surface area contributed by atoms with Crippen LogP contribution < -0.4 is 5.73 Å². The molecule has 2 aliphatic heterocycles. The smallest absolute Gasteiger partial charge is 0.0475 e. The molecular weight excluding hydrogens is 262 g/mol. The van der Waals surface area contributed by atoms with Gasteiger partial charge in [0.2, 0.25) is 0 Å². The van der Waals surface area contributed by atoms with Gasteiger partial charge in [-0.1, -0.05) is 30.3 Å². The molecule has 116 valence electrons. The Bertz CT molecular complexity index is 422. The zero-order valence-corrected chi connectivity index (χ0v) is 12.8. The first kappa shape index (κ1) is 15.0. The van der Waals surface area contributed by atoms with Gasteiger partial charge in [-0.15, -0.1) is 0 Å². The number of ether oxygens (including phenoxy) is 2. The first-order chi connectivity index (χ1) is 10.3. The minimum Gasteiger partial charge on any atom is -0.381 e. The highest BCUT2D eigenvalue weighted by Gasteiger charge is 2.40. The third-order valence-electron chi connectivity index (χ3n) is 5.37. The molecule has 0 aliphatic carbocycles. The zero-order valence-electron chi connectivity index (χ0n) is 12.8. The Morgan fingerprint density at radius 3 is 2.29 bits per heavy atom. The van der Waals surface area contributed by atoms with Gasteiger partial charge in [-0.25, -0.2) is 0 Å². The molecule has 0 amide bonds. The van der Waals surface area contributed by atoms with E-state index in [0.29, 0.717) is 0 Å². The lowest BCUT2D eigenvalue weighted by Gasteiger charge is -2.44. The number of rotatable bonds is 4. The maximum atomic E-state index is 6.75. The van der Waals surface area contributed by atoms with Crippen LogP contribution in [0.15, 0.2) is 30.3 Å². The van der Waals surface area contributed by atoms with Crippen LogP contribution in [-0.4, -0.2) is 32.5 Å². The van der Waals surface area contributed by atoms with Crippen molar-refractivity contribution in [3.63, 3.8) is 0 Å². The second-order valence-electron chi connectivity index (χ2n) is 6.53. The van der Waals surface area contributed by atoms with Crippen LogP contribution in [0.3, 0.4) is 0 Å². The number of hydrogen-bond donors (Lipinski definition) is 1. The largest absolute Gasteiger partial charge is 0.381 e. The lowest BCUT2D eigenvalue weighted by Crippen LogP contribution is -2.50. The van der Waals surface area contributed by atoms with Gasteiger partial charge in [0.05, 0.1) is 0 Å². The summed E-state index contributed by atoms with van der Waals surface area (Å²) in [6.07, 6.45) is 5.52. The van der Waals surface area contributed by atoms with Crippen LogP contribution in [0.2, 0.25) is 0 Å². The highest BCUT2D eigenvalue weighted by atomic mass is 16.5. The third kappa shape index (κ3) is 3.31. The number of nitrogens with two attached hydrogens (primary N) is 1. The van der Waals surface area contributed by atoms with Gasteiger partial charge >= 0.3 is 0 Å². The molecule has 1 atom stereocenters. The standard InChI is InChI=1S/C18H27NO2/c19-17(14-15-6-10-20-11-7-15)18(8-12-21-13-9-18)16-4-2-1-3-5-16/h1-5,15,17H,6-14,19H2. The molecule has 3 heteroatoms. The molecule has 1 unspecified atom stereocenters. The number of benzene rings is 1. The lowest BCUT2D eigenvalue weighted by atomic mass is 9.66. The van der Waals surface area contributed by atoms with Crippen molar-refractivity contribution in [3.8, 4) is 0 Å². The highest BCUT2D eigenvalue weighted by molar-refractivity contribution is 5.28. The molecule has 0 radical (unpaired) electrons. The Kier molecular flexibility index (Phi) is 4.94. The van der Waals surface area contributed by atoms with Crippen LogP contribution in [0, 0.1) is 5.92 Å². The molecule has 1 aromatic carbocycles. The second kappa shape index (κ2) is 6.91.